The van der Waals surface area contributed by atoms with Crippen LogP contribution in [0.5, 0.6) is 0 Å². The maximum atomic E-state index is 13.4. The van der Waals surface area contributed by atoms with E-state index in [4.69, 9.17) is 28.5 Å². The molecule has 0 bridgehead atoms. The Kier molecular flexibility index (Phi) is 10.3. The number of fused-ring (bicyclic) bond motifs is 1. The molecule has 0 N–H and O–H groups in total. The standard InChI is InChI=1S/C33H48N2O10/c1-30(2,3)26(36)40-18-21-22(42-27(37)31(4,5)6)23(43-28(38)32(7,8)9)24(44-29(39)33(10,11)12)25(41-21)45-35-20-16-14-13-15-19(20)17-34-35/h13-17,21-25H,18H2,1-12H3/t21-,22-,23+,24-,25+/m1/s1. The van der Waals surface area contributed by atoms with E-state index >= 15 is 0 Å². The third-order valence-corrected chi connectivity index (χ3v) is 6.80. The van der Waals surface area contributed by atoms with Crippen LogP contribution >= 0.6 is 0 Å². The molecular weight excluding hydrogens is 584 g/mol. The molecule has 5 atom stereocenters. The van der Waals surface area contributed by atoms with Crippen molar-refractivity contribution in [1.29, 1.82) is 0 Å². The van der Waals surface area contributed by atoms with E-state index in [1.165, 1.54) is 4.85 Å². The van der Waals surface area contributed by atoms with Crippen LogP contribution in [0.4, 0.5) is 0 Å². The minimum atomic E-state index is -1.44. The monoisotopic (exact) mass is 632 g/mol. The molecule has 2 aromatic rings. The highest BCUT2D eigenvalue weighted by atomic mass is 16.8. The quantitative estimate of drug-likeness (QED) is 0.311. The number of carbonyl (C=O) groups excluding carboxylic acids is 4. The number of ether oxygens (including phenoxy) is 5. The van der Waals surface area contributed by atoms with Gasteiger partial charge < -0.3 is 28.5 Å². The first kappa shape index (κ1) is 35.8. The first-order valence-electron chi connectivity index (χ1n) is 15.1. The highest BCUT2D eigenvalue weighted by Crippen LogP contribution is 2.34. The molecule has 1 aliphatic heterocycles. The second-order valence-electron chi connectivity index (χ2n) is 15.4. The smallest absolute Gasteiger partial charge is 0.311 e. The van der Waals surface area contributed by atoms with Crippen LogP contribution in [0, 0.1) is 21.7 Å². The van der Waals surface area contributed by atoms with Crippen LogP contribution in [0.1, 0.15) is 83.1 Å². The Morgan fingerprint density at radius 1 is 0.689 bits per heavy atom. The average Bonchev–Trinajstić information content (AvgIpc) is 3.30. The minimum absolute atomic E-state index is 0.387. The van der Waals surface area contributed by atoms with Gasteiger partial charge >= 0.3 is 23.9 Å². The maximum absolute atomic E-state index is 13.4. The van der Waals surface area contributed by atoms with Gasteiger partial charge in [-0.1, -0.05) is 23.0 Å². The number of benzene rings is 1. The number of aromatic nitrogens is 2. The second-order valence-corrected chi connectivity index (χ2v) is 15.4. The van der Waals surface area contributed by atoms with E-state index in [1.807, 2.05) is 12.1 Å². The van der Waals surface area contributed by atoms with Gasteiger partial charge in [-0.2, -0.15) is 0 Å². The molecule has 1 aromatic heterocycles. The SMILES string of the molecule is CC(C)(C)C(=O)OC[C@H]1O[C@@H](On2ncc3ccccc32)[C@H](OC(=O)C(C)(C)C)[C@@H](OC(=O)C(C)(C)C)[C@@H]1OC(=O)C(C)(C)C. The molecule has 0 aliphatic carbocycles. The summed E-state index contributed by atoms with van der Waals surface area (Å²) in [7, 11) is 0. The van der Waals surface area contributed by atoms with Crippen molar-refractivity contribution in [1.82, 2.24) is 9.94 Å². The average molecular weight is 633 g/mol. The molecule has 0 radical (unpaired) electrons. The zero-order valence-corrected chi connectivity index (χ0v) is 28.5. The second kappa shape index (κ2) is 13.0. The molecule has 0 amide bonds. The van der Waals surface area contributed by atoms with Crippen LogP contribution in [0.2, 0.25) is 0 Å². The Bertz CT molecular complexity index is 1390. The van der Waals surface area contributed by atoms with E-state index in [-0.39, 0.29) is 6.61 Å². The summed E-state index contributed by atoms with van der Waals surface area (Å²) in [6.07, 6.45) is -5.27. The van der Waals surface area contributed by atoms with E-state index in [9.17, 15) is 19.2 Å². The van der Waals surface area contributed by atoms with Crippen molar-refractivity contribution in [3.8, 4) is 0 Å². The predicted molar refractivity (Wildman–Crippen MR) is 163 cm³/mol. The Morgan fingerprint density at radius 3 is 1.67 bits per heavy atom. The van der Waals surface area contributed by atoms with Crippen molar-refractivity contribution < 1.29 is 47.7 Å². The molecule has 2 heterocycles. The van der Waals surface area contributed by atoms with E-state index in [1.54, 1.807) is 101 Å². The lowest BCUT2D eigenvalue weighted by molar-refractivity contribution is -0.313. The van der Waals surface area contributed by atoms with E-state index in [2.05, 4.69) is 5.10 Å². The molecule has 250 valence electrons. The normalized spacial score (nSPS) is 22.8. The van der Waals surface area contributed by atoms with Crippen LogP contribution in [0.15, 0.2) is 30.5 Å². The summed E-state index contributed by atoms with van der Waals surface area (Å²) in [4.78, 5) is 60.2. The molecular formula is C33H48N2O10. The summed E-state index contributed by atoms with van der Waals surface area (Å²) in [5.41, 5.74) is -3.19. The van der Waals surface area contributed by atoms with Crippen molar-refractivity contribution in [2.24, 2.45) is 21.7 Å². The largest absolute Gasteiger partial charge is 0.462 e. The van der Waals surface area contributed by atoms with Crippen molar-refractivity contribution in [2.75, 3.05) is 6.61 Å². The summed E-state index contributed by atoms with van der Waals surface area (Å²) >= 11 is 0. The van der Waals surface area contributed by atoms with Crippen molar-refractivity contribution in [2.45, 2.75) is 114 Å². The zero-order chi connectivity index (χ0) is 34.1. The molecule has 45 heavy (non-hydrogen) atoms. The first-order chi connectivity index (χ1) is 20.5. The molecule has 1 fully saturated rings. The number of hydrogen-bond acceptors (Lipinski definition) is 11. The van der Waals surface area contributed by atoms with Crippen molar-refractivity contribution >= 4 is 34.8 Å². The Balaban J connectivity index is 2.17. The lowest BCUT2D eigenvalue weighted by Crippen LogP contribution is -2.65. The fourth-order valence-electron chi connectivity index (χ4n) is 3.90. The van der Waals surface area contributed by atoms with Gasteiger partial charge in [0.1, 0.15) is 18.2 Å². The van der Waals surface area contributed by atoms with E-state index in [0.717, 1.165) is 5.39 Å². The number of para-hydroxylation sites is 1. The van der Waals surface area contributed by atoms with Gasteiger partial charge in [-0.15, -0.1) is 5.10 Å². The van der Waals surface area contributed by atoms with Crippen LogP contribution in [-0.4, -0.2) is 71.1 Å². The van der Waals surface area contributed by atoms with Crippen LogP contribution in [0.25, 0.3) is 10.9 Å². The lowest BCUT2D eigenvalue weighted by Gasteiger charge is -2.45. The third kappa shape index (κ3) is 8.96. The van der Waals surface area contributed by atoms with Crippen LogP contribution in [-0.2, 0) is 42.9 Å². The van der Waals surface area contributed by atoms with E-state index < -0.39 is 76.2 Å². The molecule has 1 aliphatic rings. The molecule has 0 spiro atoms. The first-order valence-corrected chi connectivity index (χ1v) is 15.1. The van der Waals surface area contributed by atoms with Crippen LogP contribution < -0.4 is 4.84 Å². The molecule has 12 nitrogen and oxygen atoms in total. The lowest BCUT2D eigenvalue weighted by atomic mass is 9.93. The van der Waals surface area contributed by atoms with Crippen LogP contribution in [0.3, 0.4) is 0 Å². The van der Waals surface area contributed by atoms with E-state index in [0.29, 0.717) is 5.52 Å². The minimum Gasteiger partial charge on any atom is -0.462 e. The van der Waals surface area contributed by atoms with Gasteiger partial charge in [0, 0.05) is 5.39 Å². The summed E-state index contributed by atoms with van der Waals surface area (Å²) in [6.45, 7) is 19.7. The molecule has 3 rings (SSSR count). The number of carbonyl (C=O) groups is 4. The summed E-state index contributed by atoms with van der Waals surface area (Å²) < 4.78 is 29.9. The van der Waals surface area contributed by atoms with Crippen molar-refractivity contribution in [3.05, 3.63) is 30.5 Å². The topological polar surface area (TPSA) is 141 Å². The summed E-state index contributed by atoms with van der Waals surface area (Å²) in [5.74, 6) is -2.48. The molecule has 0 saturated carbocycles. The fourth-order valence-corrected chi connectivity index (χ4v) is 3.90. The summed E-state index contributed by atoms with van der Waals surface area (Å²) in [6, 6.07) is 7.25. The number of hydrogen-bond donors (Lipinski definition) is 0. The van der Waals surface area contributed by atoms with Gasteiger partial charge in [0.25, 0.3) is 6.29 Å². The Labute approximate surface area is 264 Å². The fraction of sp³-hybridized carbons (Fsp3) is 0.667. The number of esters is 4. The van der Waals surface area contributed by atoms with Gasteiger partial charge in [0.15, 0.2) is 12.2 Å². The van der Waals surface area contributed by atoms with Gasteiger partial charge in [0.05, 0.1) is 27.9 Å². The molecule has 0 unspecified atom stereocenters. The van der Waals surface area contributed by atoms with Gasteiger partial charge in [-0.3, -0.25) is 19.2 Å². The van der Waals surface area contributed by atoms with Gasteiger partial charge in [0.2, 0.25) is 6.10 Å². The summed E-state index contributed by atoms with van der Waals surface area (Å²) in [5, 5.41) is 5.07. The molecule has 1 aromatic carbocycles. The highest BCUT2D eigenvalue weighted by molar-refractivity contribution is 5.79. The Hall–Kier alpha value is -3.67. The molecule has 1 saturated heterocycles. The van der Waals surface area contributed by atoms with Crippen molar-refractivity contribution in [3.63, 3.8) is 0 Å². The van der Waals surface area contributed by atoms with Gasteiger partial charge in [-0.25, -0.2) is 0 Å². The highest BCUT2D eigenvalue weighted by Gasteiger charge is 2.56. The molecule has 12 heteroatoms. The Morgan fingerprint density at radius 2 is 1.16 bits per heavy atom. The number of rotatable bonds is 7. The zero-order valence-electron chi connectivity index (χ0n) is 28.5. The third-order valence-electron chi connectivity index (χ3n) is 6.80. The van der Waals surface area contributed by atoms with Gasteiger partial charge in [-0.05, 0) is 89.2 Å². The predicted octanol–water partition coefficient (Wildman–Crippen LogP) is 4.65. The maximum Gasteiger partial charge on any atom is 0.311 e. The number of nitrogens with zero attached hydrogens (tertiary/aromatic N) is 2.